The van der Waals surface area contributed by atoms with E-state index in [1.807, 2.05) is 10.7 Å². The van der Waals surface area contributed by atoms with Gasteiger partial charge in [0.1, 0.15) is 0 Å². The highest BCUT2D eigenvalue weighted by Gasteiger charge is 2.24. The SMILES string of the molecule is C=N/N=C(\N)c1cnn2c(C3CCCCC3)c(-c3ccc(C)cc3)cnc12. The van der Waals surface area contributed by atoms with Crippen LogP contribution < -0.4 is 5.73 Å². The molecule has 0 saturated heterocycles. The van der Waals surface area contributed by atoms with Crippen molar-refractivity contribution < 1.29 is 0 Å². The normalized spacial score (nSPS) is 16.0. The van der Waals surface area contributed by atoms with Crippen LogP contribution in [0.5, 0.6) is 0 Å². The van der Waals surface area contributed by atoms with Crippen molar-refractivity contribution >= 4 is 18.2 Å². The molecule has 1 aliphatic rings. The highest BCUT2D eigenvalue weighted by atomic mass is 15.3. The van der Waals surface area contributed by atoms with Crippen molar-refractivity contribution in [3.05, 3.63) is 53.5 Å². The molecule has 2 aromatic heterocycles. The van der Waals surface area contributed by atoms with Gasteiger partial charge in [0.15, 0.2) is 11.5 Å². The molecule has 2 heterocycles. The highest BCUT2D eigenvalue weighted by molar-refractivity contribution is 6.02. The minimum atomic E-state index is 0.283. The first-order chi connectivity index (χ1) is 13.2. The van der Waals surface area contributed by atoms with Gasteiger partial charge in [0.25, 0.3) is 0 Å². The van der Waals surface area contributed by atoms with Crippen LogP contribution in [-0.2, 0) is 0 Å². The Morgan fingerprint density at radius 1 is 1.15 bits per heavy atom. The Hall–Kier alpha value is -3.02. The van der Waals surface area contributed by atoms with Crippen LogP contribution in [0.3, 0.4) is 0 Å². The molecule has 6 heteroatoms. The fraction of sp³-hybridized carbons (Fsp3) is 0.333. The van der Waals surface area contributed by atoms with E-state index in [1.165, 1.54) is 48.9 Å². The molecule has 0 amide bonds. The molecule has 0 radical (unpaired) electrons. The molecule has 1 fully saturated rings. The average Bonchev–Trinajstić information content (AvgIpc) is 3.13. The summed E-state index contributed by atoms with van der Waals surface area (Å²) in [4.78, 5) is 4.68. The van der Waals surface area contributed by atoms with Gasteiger partial charge in [-0.15, -0.1) is 5.10 Å². The zero-order valence-electron chi connectivity index (χ0n) is 15.6. The Bertz CT molecular complexity index is 993. The van der Waals surface area contributed by atoms with Crippen molar-refractivity contribution in [1.82, 2.24) is 14.6 Å². The van der Waals surface area contributed by atoms with Crippen molar-refractivity contribution in [3.63, 3.8) is 0 Å². The van der Waals surface area contributed by atoms with Crippen LogP contribution in [0.15, 0.2) is 46.9 Å². The number of nitrogens with two attached hydrogens (primary N) is 1. The van der Waals surface area contributed by atoms with Gasteiger partial charge in [0, 0.05) is 24.4 Å². The minimum absolute atomic E-state index is 0.283. The third-order valence-electron chi connectivity index (χ3n) is 5.37. The summed E-state index contributed by atoms with van der Waals surface area (Å²) in [6.45, 7) is 5.48. The van der Waals surface area contributed by atoms with Gasteiger partial charge in [0.05, 0.1) is 17.5 Å². The molecule has 4 rings (SSSR count). The van der Waals surface area contributed by atoms with Gasteiger partial charge in [-0.25, -0.2) is 9.50 Å². The zero-order valence-corrected chi connectivity index (χ0v) is 15.6. The van der Waals surface area contributed by atoms with Gasteiger partial charge in [-0.1, -0.05) is 49.1 Å². The molecule has 3 aromatic rings. The summed E-state index contributed by atoms with van der Waals surface area (Å²) in [5.74, 6) is 0.745. The van der Waals surface area contributed by atoms with Crippen LogP contribution in [0.25, 0.3) is 16.8 Å². The second kappa shape index (κ2) is 7.31. The average molecular weight is 360 g/mol. The van der Waals surface area contributed by atoms with Crippen LogP contribution in [-0.4, -0.2) is 27.2 Å². The van der Waals surface area contributed by atoms with Crippen molar-refractivity contribution in [2.75, 3.05) is 0 Å². The Kier molecular flexibility index (Phi) is 4.71. The van der Waals surface area contributed by atoms with Crippen LogP contribution >= 0.6 is 0 Å². The number of hydrogen-bond acceptors (Lipinski definition) is 4. The molecule has 2 N–H and O–H groups in total. The molecule has 0 spiro atoms. The smallest absolute Gasteiger partial charge is 0.166 e. The van der Waals surface area contributed by atoms with Gasteiger partial charge in [0.2, 0.25) is 0 Å². The first kappa shape index (κ1) is 17.4. The highest BCUT2D eigenvalue weighted by Crippen LogP contribution is 2.38. The molecule has 0 atom stereocenters. The number of hydrogen-bond donors (Lipinski definition) is 1. The molecular formula is C21H24N6. The molecule has 1 saturated carbocycles. The van der Waals surface area contributed by atoms with Crippen LogP contribution in [0, 0.1) is 6.92 Å². The fourth-order valence-electron chi connectivity index (χ4n) is 3.98. The topological polar surface area (TPSA) is 80.9 Å². The summed E-state index contributed by atoms with van der Waals surface area (Å²) in [6, 6.07) is 8.59. The lowest BCUT2D eigenvalue weighted by Crippen LogP contribution is -2.15. The summed E-state index contributed by atoms with van der Waals surface area (Å²) in [5, 5.41) is 12.0. The predicted molar refractivity (Wildman–Crippen MR) is 109 cm³/mol. The molecule has 27 heavy (non-hydrogen) atoms. The summed E-state index contributed by atoms with van der Waals surface area (Å²) in [5.41, 5.74) is 12.2. The van der Waals surface area contributed by atoms with Crippen molar-refractivity contribution in [3.8, 4) is 11.1 Å². The standard InChI is InChI=1S/C21H24N6/c1-14-8-10-15(11-9-14)17-12-24-21-18(20(22)26-23-2)13-25-27(21)19(17)16-6-4-3-5-7-16/h8-13,16H,2-7H2,1H3,(H2,22,26). The maximum atomic E-state index is 6.03. The number of amidine groups is 1. The molecule has 6 nitrogen and oxygen atoms in total. The van der Waals surface area contributed by atoms with E-state index >= 15 is 0 Å². The van der Waals surface area contributed by atoms with E-state index in [9.17, 15) is 0 Å². The fourth-order valence-corrected chi connectivity index (χ4v) is 3.98. The third kappa shape index (κ3) is 3.23. The zero-order chi connectivity index (χ0) is 18.8. The van der Waals surface area contributed by atoms with E-state index in [0.717, 1.165) is 11.2 Å². The van der Waals surface area contributed by atoms with E-state index in [1.54, 1.807) is 6.20 Å². The lowest BCUT2D eigenvalue weighted by molar-refractivity contribution is 0.431. The van der Waals surface area contributed by atoms with Gasteiger partial charge in [-0.2, -0.15) is 10.2 Å². The van der Waals surface area contributed by atoms with E-state index in [4.69, 9.17) is 5.73 Å². The summed E-state index contributed by atoms with van der Waals surface area (Å²) in [6.07, 6.45) is 9.82. The van der Waals surface area contributed by atoms with Crippen LogP contribution in [0.2, 0.25) is 0 Å². The maximum Gasteiger partial charge on any atom is 0.166 e. The van der Waals surface area contributed by atoms with Gasteiger partial charge >= 0.3 is 0 Å². The van der Waals surface area contributed by atoms with Crippen LogP contribution in [0.4, 0.5) is 0 Å². The molecule has 0 unspecified atom stereocenters. The van der Waals surface area contributed by atoms with Crippen LogP contribution in [0.1, 0.15) is 54.8 Å². The first-order valence-corrected chi connectivity index (χ1v) is 9.42. The van der Waals surface area contributed by atoms with E-state index in [-0.39, 0.29) is 5.84 Å². The van der Waals surface area contributed by atoms with Crippen molar-refractivity contribution in [2.45, 2.75) is 44.9 Å². The molecule has 1 aromatic carbocycles. The Labute approximate surface area is 158 Å². The number of nitrogens with zero attached hydrogens (tertiary/aromatic N) is 5. The summed E-state index contributed by atoms with van der Waals surface area (Å²) in [7, 11) is 0. The van der Waals surface area contributed by atoms with E-state index < -0.39 is 0 Å². The molecular weight excluding hydrogens is 336 g/mol. The Morgan fingerprint density at radius 3 is 2.59 bits per heavy atom. The lowest BCUT2D eigenvalue weighted by Gasteiger charge is -2.25. The number of rotatable bonds is 4. The number of benzene rings is 1. The second-order valence-corrected chi connectivity index (χ2v) is 7.18. The van der Waals surface area contributed by atoms with Gasteiger partial charge in [-0.05, 0) is 25.3 Å². The molecule has 0 aliphatic heterocycles. The molecule has 138 valence electrons. The lowest BCUT2D eigenvalue weighted by atomic mass is 9.84. The number of aromatic nitrogens is 3. The number of fused-ring (bicyclic) bond motifs is 1. The predicted octanol–water partition coefficient (Wildman–Crippen LogP) is 4.07. The van der Waals surface area contributed by atoms with E-state index in [0.29, 0.717) is 11.5 Å². The second-order valence-electron chi connectivity index (χ2n) is 7.18. The van der Waals surface area contributed by atoms with E-state index in [2.05, 4.69) is 58.2 Å². The summed E-state index contributed by atoms with van der Waals surface area (Å²) < 4.78 is 1.95. The van der Waals surface area contributed by atoms with Gasteiger partial charge < -0.3 is 5.73 Å². The van der Waals surface area contributed by atoms with Gasteiger partial charge in [-0.3, -0.25) is 0 Å². The Balaban J connectivity index is 1.93. The third-order valence-corrected chi connectivity index (χ3v) is 5.37. The molecule has 0 bridgehead atoms. The minimum Gasteiger partial charge on any atom is -0.382 e. The quantitative estimate of drug-likeness (QED) is 0.432. The Morgan fingerprint density at radius 2 is 1.89 bits per heavy atom. The largest absolute Gasteiger partial charge is 0.382 e. The maximum absolute atomic E-state index is 6.03. The monoisotopic (exact) mass is 360 g/mol. The van der Waals surface area contributed by atoms with Crippen molar-refractivity contribution in [2.24, 2.45) is 15.9 Å². The molecule has 1 aliphatic carbocycles. The summed E-state index contributed by atoms with van der Waals surface area (Å²) >= 11 is 0. The van der Waals surface area contributed by atoms with Crippen molar-refractivity contribution in [1.29, 1.82) is 0 Å². The number of aryl methyl sites for hydroxylation is 1. The first-order valence-electron chi connectivity index (χ1n) is 9.42.